The van der Waals surface area contributed by atoms with Crippen LogP contribution in [0.15, 0.2) is 60.7 Å². The van der Waals surface area contributed by atoms with E-state index in [0.29, 0.717) is 18.3 Å². The predicted octanol–water partition coefficient (Wildman–Crippen LogP) is 12.3. The largest absolute Gasteiger partial charge is 0.383 e. The Kier molecular flexibility index (Phi) is 13.6. The van der Waals surface area contributed by atoms with Crippen LogP contribution in [-0.2, 0) is 17.3 Å². The third-order valence-electron chi connectivity index (χ3n) is 10.2. The first-order chi connectivity index (χ1) is 20.5. The second kappa shape index (κ2) is 17.3. The number of hydrogen-bond acceptors (Lipinski definition) is 1. The van der Waals surface area contributed by atoms with Crippen LogP contribution in [-0.4, -0.2) is 6.61 Å². The fraction of sp³-hybridized carbons (Fsp3) is 0.641. The molecule has 0 unspecified atom stereocenters. The Bertz CT molecular complexity index is 1030. The Hall–Kier alpha value is -2.00. The number of rotatable bonds is 16. The minimum absolute atomic E-state index is 0.00863. The number of ether oxygens (including phenoxy) is 1. The van der Waals surface area contributed by atoms with Crippen LogP contribution in [0.2, 0.25) is 0 Å². The van der Waals surface area contributed by atoms with Gasteiger partial charge in [-0.2, -0.15) is 8.78 Å². The maximum absolute atomic E-state index is 14.9. The van der Waals surface area contributed by atoms with E-state index in [-0.39, 0.29) is 12.2 Å². The molecule has 2 aromatic carbocycles. The highest BCUT2D eigenvalue weighted by atomic mass is 19.3. The first-order valence-corrected chi connectivity index (χ1v) is 17.3. The molecular weight excluding hydrogens is 522 g/mol. The lowest BCUT2D eigenvalue weighted by molar-refractivity contribution is -0.248. The number of unbranched alkanes of at least 4 members (excludes halogenated alkanes) is 4. The van der Waals surface area contributed by atoms with E-state index in [0.717, 1.165) is 30.2 Å². The van der Waals surface area contributed by atoms with Crippen LogP contribution in [0.4, 0.5) is 8.78 Å². The van der Waals surface area contributed by atoms with Crippen LogP contribution in [0.5, 0.6) is 0 Å². The first kappa shape index (κ1) is 32.9. The van der Waals surface area contributed by atoms with Crippen LogP contribution in [0, 0.1) is 11.8 Å². The topological polar surface area (TPSA) is 9.23 Å². The van der Waals surface area contributed by atoms with Crippen molar-refractivity contribution in [3.63, 3.8) is 0 Å². The summed E-state index contributed by atoms with van der Waals surface area (Å²) in [6, 6.07) is 15.6. The normalized spacial score (nSPS) is 23.4. The standard InChI is InChI=1S/C39H56F2O/c1-3-5-7-8-10-12-32-15-19-34(20-16-32)35-23-17-33(18-24-35)29-30-42-39(40,41)38-27-25-37(26-28-38)36-21-13-31(14-22-36)11-9-6-4-2/h4,6,17-18,23-28,31-32,34,36H,3,5,7-16,19-22,29-30H2,1-2H3/b6-4+. The third kappa shape index (κ3) is 10.3. The average molecular weight is 579 g/mol. The molecule has 3 heteroatoms. The maximum Gasteiger partial charge on any atom is 0.383 e. The van der Waals surface area contributed by atoms with Gasteiger partial charge in [-0.1, -0.05) is 106 Å². The number of allylic oxidation sites excluding steroid dienone is 2. The van der Waals surface area contributed by atoms with Gasteiger partial charge in [0.05, 0.1) is 12.2 Å². The van der Waals surface area contributed by atoms with Crippen LogP contribution in [0.1, 0.15) is 151 Å². The fourth-order valence-electron chi connectivity index (χ4n) is 7.39. The molecule has 2 saturated carbocycles. The molecule has 0 heterocycles. The van der Waals surface area contributed by atoms with Gasteiger partial charge in [0.1, 0.15) is 0 Å². The lowest BCUT2D eigenvalue weighted by atomic mass is 9.77. The van der Waals surface area contributed by atoms with E-state index in [1.165, 1.54) is 101 Å². The van der Waals surface area contributed by atoms with Crippen molar-refractivity contribution < 1.29 is 13.5 Å². The van der Waals surface area contributed by atoms with E-state index in [2.05, 4.69) is 50.3 Å². The number of hydrogen-bond donors (Lipinski definition) is 0. The highest BCUT2D eigenvalue weighted by Gasteiger charge is 2.33. The summed E-state index contributed by atoms with van der Waals surface area (Å²) in [6.45, 7) is 4.36. The van der Waals surface area contributed by atoms with Gasteiger partial charge < -0.3 is 4.74 Å². The summed E-state index contributed by atoms with van der Waals surface area (Å²) in [5.41, 5.74) is 3.62. The van der Waals surface area contributed by atoms with E-state index >= 15 is 0 Å². The zero-order valence-corrected chi connectivity index (χ0v) is 26.5. The Morgan fingerprint density at radius 3 is 1.83 bits per heavy atom. The third-order valence-corrected chi connectivity index (χ3v) is 10.2. The minimum atomic E-state index is -3.27. The second-order valence-electron chi connectivity index (χ2n) is 13.3. The number of alkyl halides is 2. The summed E-state index contributed by atoms with van der Waals surface area (Å²) in [6.07, 6.45) is 22.4. The molecule has 42 heavy (non-hydrogen) atoms. The molecule has 0 spiro atoms. The molecule has 0 amide bonds. The summed E-state index contributed by atoms with van der Waals surface area (Å²) < 4.78 is 34.9. The van der Waals surface area contributed by atoms with Gasteiger partial charge in [-0.3, -0.25) is 0 Å². The highest BCUT2D eigenvalue weighted by molar-refractivity contribution is 5.28. The molecule has 2 aliphatic carbocycles. The lowest BCUT2D eigenvalue weighted by Crippen LogP contribution is -2.20. The molecule has 1 nitrogen and oxygen atoms in total. The van der Waals surface area contributed by atoms with Crippen molar-refractivity contribution in [1.82, 2.24) is 0 Å². The van der Waals surface area contributed by atoms with Crippen molar-refractivity contribution in [3.8, 4) is 0 Å². The van der Waals surface area contributed by atoms with Crippen LogP contribution in [0.25, 0.3) is 0 Å². The number of halogens is 2. The Balaban J connectivity index is 1.16. The smallest absolute Gasteiger partial charge is 0.316 e. The molecule has 0 aliphatic heterocycles. The van der Waals surface area contributed by atoms with Crippen molar-refractivity contribution in [1.29, 1.82) is 0 Å². The van der Waals surface area contributed by atoms with Crippen LogP contribution >= 0.6 is 0 Å². The molecule has 2 fully saturated rings. The van der Waals surface area contributed by atoms with E-state index in [1.807, 2.05) is 12.1 Å². The van der Waals surface area contributed by atoms with Crippen molar-refractivity contribution in [3.05, 3.63) is 82.9 Å². The van der Waals surface area contributed by atoms with Gasteiger partial charge in [-0.05, 0) is 118 Å². The van der Waals surface area contributed by atoms with Crippen LogP contribution in [0.3, 0.4) is 0 Å². The number of benzene rings is 2. The molecule has 0 radical (unpaired) electrons. The van der Waals surface area contributed by atoms with E-state index in [1.54, 1.807) is 12.1 Å². The first-order valence-electron chi connectivity index (χ1n) is 17.3. The van der Waals surface area contributed by atoms with Gasteiger partial charge in [-0.25, -0.2) is 0 Å². The zero-order valence-electron chi connectivity index (χ0n) is 26.5. The second-order valence-corrected chi connectivity index (χ2v) is 13.3. The highest BCUT2D eigenvalue weighted by Crippen LogP contribution is 2.40. The molecule has 0 aromatic heterocycles. The Labute approximate surface area is 255 Å². The molecule has 0 N–H and O–H groups in total. The predicted molar refractivity (Wildman–Crippen MR) is 173 cm³/mol. The molecular formula is C39H56F2O. The molecule has 4 rings (SSSR count). The van der Waals surface area contributed by atoms with Crippen molar-refractivity contribution in [2.75, 3.05) is 6.61 Å². The summed E-state index contributed by atoms with van der Waals surface area (Å²) in [5.74, 6) is 2.86. The van der Waals surface area contributed by atoms with Gasteiger partial charge in [-0.15, -0.1) is 0 Å². The Morgan fingerprint density at radius 1 is 0.714 bits per heavy atom. The Morgan fingerprint density at radius 2 is 1.26 bits per heavy atom. The monoisotopic (exact) mass is 578 g/mol. The minimum Gasteiger partial charge on any atom is -0.316 e. The quantitative estimate of drug-likeness (QED) is 0.142. The molecule has 232 valence electrons. The molecule has 2 aromatic rings. The van der Waals surface area contributed by atoms with E-state index in [9.17, 15) is 8.78 Å². The van der Waals surface area contributed by atoms with E-state index in [4.69, 9.17) is 4.74 Å². The summed E-state index contributed by atoms with van der Waals surface area (Å²) in [5, 5.41) is 0. The summed E-state index contributed by atoms with van der Waals surface area (Å²) >= 11 is 0. The lowest BCUT2D eigenvalue weighted by Gasteiger charge is -2.29. The fourth-order valence-corrected chi connectivity index (χ4v) is 7.39. The van der Waals surface area contributed by atoms with Gasteiger partial charge in [0.2, 0.25) is 0 Å². The summed E-state index contributed by atoms with van der Waals surface area (Å²) in [7, 11) is 0. The molecule has 2 aliphatic rings. The van der Waals surface area contributed by atoms with Gasteiger partial charge in [0.15, 0.2) is 0 Å². The zero-order chi connectivity index (χ0) is 29.6. The van der Waals surface area contributed by atoms with Gasteiger partial charge in [0, 0.05) is 0 Å². The maximum atomic E-state index is 14.9. The van der Waals surface area contributed by atoms with E-state index < -0.39 is 6.11 Å². The van der Waals surface area contributed by atoms with Crippen molar-refractivity contribution in [2.24, 2.45) is 11.8 Å². The molecule has 0 atom stereocenters. The molecule has 0 bridgehead atoms. The molecule has 0 saturated heterocycles. The summed E-state index contributed by atoms with van der Waals surface area (Å²) in [4.78, 5) is 0. The van der Waals surface area contributed by atoms with Crippen molar-refractivity contribution in [2.45, 2.75) is 141 Å². The average Bonchev–Trinajstić information content (AvgIpc) is 3.02. The van der Waals surface area contributed by atoms with Crippen LogP contribution < -0.4 is 0 Å². The van der Waals surface area contributed by atoms with Crippen molar-refractivity contribution >= 4 is 0 Å². The van der Waals surface area contributed by atoms with Gasteiger partial charge in [0.25, 0.3) is 0 Å². The SMILES string of the molecule is C/C=C/CCC1CCC(c2ccc(C(F)(F)OCCc3ccc(C4CCC(CCCCCCC)CC4)cc3)cc2)CC1. The van der Waals surface area contributed by atoms with Gasteiger partial charge >= 0.3 is 6.11 Å².